The SMILES string of the molecule is CC(=O)N1CCc2c(sc3nc(SCc4ccc([N+](=O)[O-])cc4)n(Cc4ccccc4)c(=O)c23)C1. The summed E-state index contributed by atoms with van der Waals surface area (Å²) in [6, 6.07) is 16.2. The third-order valence-electron chi connectivity index (χ3n) is 6.07. The summed E-state index contributed by atoms with van der Waals surface area (Å²) in [7, 11) is 0. The Balaban J connectivity index is 1.54. The largest absolute Gasteiger partial charge is 0.337 e. The molecule has 0 spiro atoms. The maximum Gasteiger partial charge on any atom is 0.269 e. The Kier molecular flexibility index (Phi) is 6.40. The minimum Gasteiger partial charge on any atom is -0.337 e. The van der Waals surface area contributed by atoms with Gasteiger partial charge in [0.15, 0.2) is 5.16 Å². The number of thioether (sulfide) groups is 1. The second kappa shape index (κ2) is 9.63. The molecule has 178 valence electrons. The standard InChI is InChI=1S/C25H22N4O4S2/c1-16(30)27-12-11-20-21(14-27)35-23-22(20)24(31)28(13-17-5-3-2-4-6-17)25(26-23)34-15-18-7-9-19(10-8-18)29(32)33/h2-10H,11-15H2,1H3. The molecular weight excluding hydrogens is 484 g/mol. The number of non-ortho nitro benzene ring substituents is 1. The van der Waals surface area contributed by atoms with Gasteiger partial charge >= 0.3 is 0 Å². The van der Waals surface area contributed by atoms with Crippen molar-refractivity contribution in [3.05, 3.63) is 96.6 Å². The van der Waals surface area contributed by atoms with Crippen LogP contribution in [0.1, 0.15) is 28.5 Å². The normalized spacial score (nSPS) is 13.1. The van der Waals surface area contributed by atoms with Crippen LogP contribution in [0.2, 0.25) is 0 Å². The van der Waals surface area contributed by atoms with Crippen molar-refractivity contribution in [2.24, 2.45) is 0 Å². The molecule has 8 nitrogen and oxygen atoms in total. The van der Waals surface area contributed by atoms with Gasteiger partial charge in [0.2, 0.25) is 5.91 Å². The van der Waals surface area contributed by atoms with Crippen molar-refractivity contribution in [1.29, 1.82) is 0 Å². The fourth-order valence-electron chi connectivity index (χ4n) is 4.20. The zero-order valence-electron chi connectivity index (χ0n) is 19.0. The summed E-state index contributed by atoms with van der Waals surface area (Å²) in [5.41, 5.74) is 2.89. The molecule has 0 N–H and O–H groups in total. The number of aromatic nitrogens is 2. The molecule has 0 radical (unpaired) electrons. The Bertz CT molecular complexity index is 1480. The molecule has 3 heterocycles. The number of nitro groups is 1. The lowest BCUT2D eigenvalue weighted by Crippen LogP contribution is -2.34. The molecule has 0 saturated carbocycles. The van der Waals surface area contributed by atoms with E-state index in [9.17, 15) is 19.7 Å². The molecule has 0 unspecified atom stereocenters. The number of thiophene rings is 1. The summed E-state index contributed by atoms with van der Waals surface area (Å²) in [6.45, 7) is 3.07. The average molecular weight is 507 g/mol. The van der Waals surface area contributed by atoms with Crippen molar-refractivity contribution >= 4 is 44.9 Å². The van der Waals surface area contributed by atoms with Crippen molar-refractivity contribution in [2.75, 3.05) is 6.54 Å². The lowest BCUT2D eigenvalue weighted by atomic mass is 10.1. The van der Waals surface area contributed by atoms with Crippen molar-refractivity contribution in [1.82, 2.24) is 14.5 Å². The first kappa shape index (κ1) is 23.3. The van der Waals surface area contributed by atoms with Gasteiger partial charge in [0.1, 0.15) is 4.83 Å². The summed E-state index contributed by atoms with van der Waals surface area (Å²) < 4.78 is 1.72. The Morgan fingerprint density at radius 1 is 1.14 bits per heavy atom. The van der Waals surface area contributed by atoms with Crippen LogP contribution < -0.4 is 5.56 Å². The highest BCUT2D eigenvalue weighted by atomic mass is 32.2. The Hall–Kier alpha value is -3.50. The summed E-state index contributed by atoms with van der Waals surface area (Å²) in [5.74, 6) is 0.551. The van der Waals surface area contributed by atoms with E-state index in [1.807, 2.05) is 30.3 Å². The van der Waals surface area contributed by atoms with Gasteiger partial charge in [0.05, 0.1) is 23.4 Å². The van der Waals surface area contributed by atoms with E-state index in [-0.39, 0.29) is 17.2 Å². The molecule has 0 aliphatic carbocycles. The molecule has 0 bridgehead atoms. The van der Waals surface area contributed by atoms with Crippen molar-refractivity contribution < 1.29 is 9.72 Å². The van der Waals surface area contributed by atoms with Gasteiger partial charge in [0.25, 0.3) is 11.2 Å². The number of rotatable bonds is 6. The predicted octanol–water partition coefficient (Wildman–Crippen LogP) is 4.61. The van der Waals surface area contributed by atoms with Gasteiger partial charge in [-0.2, -0.15) is 0 Å². The number of nitrogens with zero attached hydrogens (tertiary/aromatic N) is 4. The second-order valence-electron chi connectivity index (χ2n) is 8.36. The number of nitro benzene ring substituents is 1. The van der Waals surface area contributed by atoms with Crippen LogP contribution >= 0.6 is 23.1 Å². The van der Waals surface area contributed by atoms with Gasteiger partial charge in [-0.1, -0.05) is 54.2 Å². The first-order chi connectivity index (χ1) is 16.9. The van der Waals surface area contributed by atoms with Crippen molar-refractivity contribution in [3.8, 4) is 0 Å². The van der Waals surface area contributed by atoms with Gasteiger partial charge in [-0.3, -0.25) is 24.3 Å². The molecule has 1 aliphatic heterocycles. The van der Waals surface area contributed by atoms with E-state index < -0.39 is 4.92 Å². The predicted molar refractivity (Wildman–Crippen MR) is 137 cm³/mol. The lowest BCUT2D eigenvalue weighted by Gasteiger charge is -2.25. The fourth-order valence-corrected chi connectivity index (χ4v) is 6.43. The quantitative estimate of drug-likeness (QED) is 0.164. The topological polar surface area (TPSA) is 98.3 Å². The summed E-state index contributed by atoms with van der Waals surface area (Å²) in [6.07, 6.45) is 0.645. The molecule has 0 fully saturated rings. The third kappa shape index (κ3) is 4.71. The third-order valence-corrected chi connectivity index (χ3v) is 8.23. The Morgan fingerprint density at radius 2 is 1.89 bits per heavy atom. The zero-order valence-corrected chi connectivity index (χ0v) is 20.6. The molecular formula is C25H22N4O4S2. The maximum atomic E-state index is 13.8. The number of benzene rings is 2. The van der Waals surface area contributed by atoms with E-state index in [0.717, 1.165) is 21.6 Å². The summed E-state index contributed by atoms with van der Waals surface area (Å²) in [4.78, 5) is 44.6. The van der Waals surface area contributed by atoms with Crippen LogP contribution in [0.25, 0.3) is 10.2 Å². The van der Waals surface area contributed by atoms with E-state index in [4.69, 9.17) is 4.98 Å². The monoisotopic (exact) mass is 506 g/mol. The maximum absolute atomic E-state index is 13.8. The minimum absolute atomic E-state index is 0.0295. The van der Waals surface area contributed by atoms with Crippen LogP contribution in [0.5, 0.6) is 0 Å². The van der Waals surface area contributed by atoms with Crippen LogP contribution in [0.3, 0.4) is 0 Å². The number of hydrogen-bond acceptors (Lipinski definition) is 7. The highest BCUT2D eigenvalue weighted by Crippen LogP contribution is 2.34. The van der Waals surface area contributed by atoms with E-state index in [0.29, 0.717) is 47.2 Å². The fraction of sp³-hybridized carbons (Fsp3) is 0.240. The molecule has 2 aromatic heterocycles. The van der Waals surface area contributed by atoms with Gasteiger partial charge in [-0.25, -0.2) is 4.98 Å². The smallest absolute Gasteiger partial charge is 0.269 e. The molecule has 0 saturated heterocycles. The van der Waals surface area contributed by atoms with Gasteiger partial charge in [0, 0.05) is 36.2 Å². The molecule has 5 rings (SSSR count). The van der Waals surface area contributed by atoms with Crippen LogP contribution in [0, 0.1) is 10.1 Å². The minimum atomic E-state index is -0.421. The molecule has 0 atom stereocenters. The van der Waals surface area contributed by atoms with E-state index >= 15 is 0 Å². The van der Waals surface area contributed by atoms with Crippen LogP contribution in [-0.2, 0) is 30.1 Å². The molecule has 1 aliphatic rings. The highest BCUT2D eigenvalue weighted by molar-refractivity contribution is 7.98. The molecule has 35 heavy (non-hydrogen) atoms. The van der Waals surface area contributed by atoms with Crippen LogP contribution in [-0.4, -0.2) is 31.8 Å². The van der Waals surface area contributed by atoms with Gasteiger partial charge < -0.3 is 4.90 Å². The van der Waals surface area contributed by atoms with E-state index in [1.165, 1.54) is 35.2 Å². The zero-order chi connectivity index (χ0) is 24.5. The van der Waals surface area contributed by atoms with Crippen LogP contribution in [0.4, 0.5) is 5.69 Å². The van der Waals surface area contributed by atoms with E-state index in [2.05, 4.69) is 0 Å². The number of hydrogen-bond donors (Lipinski definition) is 0. The molecule has 10 heteroatoms. The summed E-state index contributed by atoms with van der Waals surface area (Å²) in [5, 5.41) is 12.2. The number of fused-ring (bicyclic) bond motifs is 3. The molecule has 2 aromatic carbocycles. The number of amides is 1. The number of carbonyl (C=O) groups excluding carboxylic acids is 1. The molecule has 1 amide bonds. The number of carbonyl (C=O) groups is 1. The first-order valence-electron chi connectivity index (χ1n) is 11.1. The Morgan fingerprint density at radius 3 is 2.57 bits per heavy atom. The van der Waals surface area contributed by atoms with Crippen LogP contribution in [0.15, 0.2) is 64.5 Å². The first-order valence-corrected chi connectivity index (χ1v) is 12.9. The second-order valence-corrected chi connectivity index (χ2v) is 10.4. The van der Waals surface area contributed by atoms with Gasteiger partial charge in [-0.05, 0) is 23.1 Å². The van der Waals surface area contributed by atoms with Crippen molar-refractivity contribution in [3.63, 3.8) is 0 Å². The highest BCUT2D eigenvalue weighted by Gasteiger charge is 2.26. The van der Waals surface area contributed by atoms with Gasteiger partial charge in [-0.15, -0.1) is 11.3 Å². The molecule has 4 aromatic rings. The summed E-state index contributed by atoms with van der Waals surface area (Å²) >= 11 is 2.92. The van der Waals surface area contributed by atoms with Crippen molar-refractivity contribution in [2.45, 2.75) is 37.3 Å². The lowest BCUT2D eigenvalue weighted by molar-refractivity contribution is -0.384. The Labute approximate surface area is 209 Å². The van der Waals surface area contributed by atoms with E-state index in [1.54, 1.807) is 28.5 Å². The average Bonchev–Trinajstić information content (AvgIpc) is 3.23.